The van der Waals surface area contributed by atoms with Gasteiger partial charge < -0.3 is 12.1 Å². The molecular formula is C7H9BrN2O2SY-2. The van der Waals surface area contributed by atoms with Crippen LogP contribution in [0.1, 0.15) is 0 Å². The van der Waals surface area contributed by atoms with E-state index in [0.29, 0.717) is 0 Å². The molecule has 0 atom stereocenters. The normalized spacial score (nSPS) is 9.86. The Labute approximate surface area is 118 Å². The van der Waals surface area contributed by atoms with Crippen LogP contribution in [0.25, 0.3) is 4.72 Å². The zero-order valence-corrected chi connectivity index (χ0v) is 13.0. The van der Waals surface area contributed by atoms with Gasteiger partial charge in [0.15, 0.2) is 0 Å². The monoisotopic (exact) mass is 353 g/mol. The van der Waals surface area contributed by atoms with E-state index in [4.69, 9.17) is 0 Å². The number of hydrogen-bond donors (Lipinski definition) is 0. The maximum atomic E-state index is 11.1. The first-order valence-electron chi connectivity index (χ1n) is 3.04. The molecule has 14 heavy (non-hydrogen) atoms. The molecule has 0 amide bonds. The van der Waals surface area contributed by atoms with Crippen LogP contribution in [0.15, 0.2) is 27.8 Å². The molecule has 0 aliphatic rings. The van der Waals surface area contributed by atoms with Gasteiger partial charge in [-0.1, -0.05) is 0 Å². The second-order valence-electron chi connectivity index (χ2n) is 1.97. The van der Waals surface area contributed by atoms with Crippen molar-refractivity contribution in [3.05, 3.63) is 35.0 Å². The smallest absolute Gasteiger partial charge is 0.136 e. The van der Waals surface area contributed by atoms with Crippen LogP contribution in [-0.2, 0) is 42.7 Å². The number of aromatic nitrogens is 1. The third-order valence-electron chi connectivity index (χ3n) is 1.20. The van der Waals surface area contributed by atoms with Crippen molar-refractivity contribution in [2.24, 2.45) is 0 Å². The van der Waals surface area contributed by atoms with E-state index in [0.717, 1.165) is 4.47 Å². The van der Waals surface area contributed by atoms with Crippen LogP contribution in [0.2, 0.25) is 0 Å². The Hall–Kier alpha value is 0.644. The fourth-order valence-electron chi connectivity index (χ4n) is 0.608. The van der Waals surface area contributed by atoms with Gasteiger partial charge in [0.05, 0.1) is 0 Å². The first kappa shape index (κ1) is 17.1. The third kappa shape index (κ3) is 4.44. The molecule has 0 aliphatic carbocycles. The summed E-state index contributed by atoms with van der Waals surface area (Å²) in [6, 6.07) is 3.00. The second-order valence-corrected chi connectivity index (χ2v) is 4.62. The molecule has 0 unspecified atom stereocenters. The topological polar surface area (TPSA) is 61.1 Å². The van der Waals surface area contributed by atoms with Crippen molar-refractivity contribution < 1.29 is 41.1 Å². The average molecular weight is 354 g/mol. The van der Waals surface area contributed by atoms with Gasteiger partial charge in [0.2, 0.25) is 0 Å². The summed E-state index contributed by atoms with van der Waals surface area (Å²) in [6.07, 6.45) is 1.41. The van der Waals surface area contributed by atoms with Crippen LogP contribution in [0, 0.1) is 7.43 Å². The summed E-state index contributed by atoms with van der Waals surface area (Å²) in [4.78, 5) is 3.69. The SMILES string of the molecule is C[N-]S(=O)(=O)c1ccc(Br)cn1.[CH3-].[Y]. The summed E-state index contributed by atoms with van der Waals surface area (Å²) >= 11 is 3.15. The zero-order chi connectivity index (χ0) is 9.19. The van der Waals surface area contributed by atoms with E-state index in [1.807, 2.05) is 0 Å². The van der Waals surface area contributed by atoms with E-state index < -0.39 is 10.0 Å². The van der Waals surface area contributed by atoms with Crippen molar-refractivity contribution in [3.63, 3.8) is 0 Å². The molecular weight excluding hydrogens is 345 g/mol. The molecule has 1 aromatic heterocycles. The van der Waals surface area contributed by atoms with Crippen molar-refractivity contribution in [2.75, 3.05) is 7.05 Å². The summed E-state index contributed by atoms with van der Waals surface area (Å²) in [5, 5.41) is -0.0341. The van der Waals surface area contributed by atoms with E-state index in [2.05, 4.69) is 25.6 Å². The first-order chi connectivity index (χ1) is 5.56. The molecule has 1 rings (SSSR count). The Morgan fingerprint density at radius 1 is 1.43 bits per heavy atom. The van der Waals surface area contributed by atoms with Gasteiger partial charge in [-0.05, 0) is 28.1 Å². The summed E-state index contributed by atoms with van der Waals surface area (Å²) in [5.41, 5.74) is 0. The van der Waals surface area contributed by atoms with Crippen molar-refractivity contribution in [2.45, 2.75) is 5.03 Å². The van der Waals surface area contributed by atoms with E-state index in [1.165, 1.54) is 19.3 Å². The van der Waals surface area contributed by atoms with Gasteiger partial charge in [0.25, 0.3) is 0 Å². The van der Waals surface area contributed by atoms with Crippen LogP contribution in [0.3, 0.4) is 0 Å². The number of rotatable bonds is 2. The minimum Gasteiger partial charge on any atom is -0.546 e. The molecule has 0 spiro atoms. The van der Waals surface area contributed by atoms with Gasteiger partial charge in [0.1, 0.15) is 15.0 Å². The molecule has 0 bridgehead atoms. The minimum absolute atomic E-state index is 0. The molecule has 77 valence electrons. The Balaban J connectivity index is 0. The van der Waals surface area contributed by atoms with Gasteiger partial charge in [0, 0.05) is 43.4 Å². The molecule has 1 radical (unpaired) electrons. The standard InChI is InChI=1S/C6H6BrN2O2S.CH3.Y/c1-8-12(10,11)6-3-2-5(7)4-9-6;;/h2-4H,1H3;1H3;/q2*-1;. The summed E-state index contributed by atoms with van der Waals surface area (Å²) in [6.45, 7) is 0. The molecule has 0 fully saturated rings. The maximum absolute atomic E-state index is 11.1. The van der Waals surface area contributed by atoms with E-state index in [9.17, 15) is 8.42 Å². The van der Waals surface area contributed by atoms with Gasteiger partial charge in [-0.3, -0.25) is 0 Å². The fourth-order valence-corrected chi connectivity index (χ4v) is 1.46. The largest absolute Gasteiger partial charge is 0.546 e. The van der Waals surface area contributed by atoms with Crippen molar-refractivity contribution in [1.29, 1.82) is 0 Å². The fraction of sp³-hybridized carbons (Fsp3) is 0.143. The van der Waals surface area contributed by atoms with Crippen molar-refractivity contribution in [3.8, 4) is 0 Å². The van der Waals surface area contributed by atoms with Crippen molar-refractivity contribution >= 4 is 26.0 Å². The molecule has 1 heterocycles. The Bertz CT molecular complexity index is 366. The molecule has 0 aromatic carbocycles. The van der Waals surface area contributed by atoms with Crippen LogP contribution < -0.4 is 0 Å². The number of nitrogens with zero attached hydrogens (tertiary/aromatic N) is 2. The van der Waals surface area contributed by atoms with E-state index >= 15 is 0 Å². The maximum Gasteiger partial charge on any atom is 0.136 e. The summed E-state index contributed by atoms with van der Waals surface area (Å²) < 4.78 is 26.1. The van der Waals surface area contributed by atoms with Gasteiger partial charge >= 0.3 is 0 Å². The van der Waals surface area contributed by atoms with Gasteiger partial charge in [-0.15, -0.1) is 0 Å². The molecule has 0 aliphatic heterocycles. The molecule has 1 aromatic rings. The molecule has 4 nitrogen and oxygen atoms in total. The summed E-state index contributed by atoms with van der Waals surface area (Å²) in [5.74, 6) is 0. The van der Waals surface area contributed by atoms with Crippen LogP contribution >= 0.6 is 15.9 Å². The number of hydrogen-bond acceptors (Lipinski definition) is 3. The Morgan fingerprint density at radius 2 is 2.00 bits per heavy atom. The molecule has 7 heteroatoms. The van der Waals surface area contributed by atoms with E-state index in [-0.39, 0.29) is 45.2 Å². The number of sulfonamides is 1. The summed E-state index contributed by atoms with van der Waals surface area (Å²) in [7, 11) is -2.30. The van der Waals surface area contributed by atoms with Crippen LogP contribution in [0.4, 0.5) is 0 Å². The van der Waals surface area contributed by atoms with Crippen LogP contribution in [-0.4, -0.2) is 20.4 Å². The van der Waals surface area contributed by atoms with E-state index in [1.54, 1.807) is 6.07 Å². The van der Waals surface area contributed by atoms with Gasteiger partial charge in [-0.25, -0.2) is 13.4 Å². The predicted molar refractivity (Wildman–Crippen MR) is 54.8 cm³/mol. The number of halogens is 1. The quantitative estimate of drug-likeness (QED) is 0.764. The number of pyridine rings is 1. The Morgan fingerprint density at radius 3 is 2.36 bits per heavy atom. The average Bonchev–Trinajstić information content (AvgIpc) is 2.05. The minimum atomic E-state index is -3.52. The van der Waals surface area contributed by atoms with Crippen LogP contribution in [0.5, 0.6) is 0 Å². The molecule has 0 N–H and O–H groups in total. The third-order valence-corrected chi connectivity index (χ3v) is 2.92. The van der Waals surface area contributed by atoms with Crippen molar-refractivity contribution in [1.82, 2.24) is 4.98 Å². The second kappa shape index (κ2) is 7.01. The van der Waals surface area contributed by atoms with Gasteiger partial charge in [-0.2, -0.15) is 7.05 Å². The Kier molecular flexibility index (Phi) is 8.53. The molecule has 0 saturated heterocycles. The first-order valence-corrected chi connectivity index (χ1v) is 5.27. The zero-order valence-electron chi connectivity index (χ0n) is 7.81. The predicted octanol–water partition coefficient (Wildman–Crippen LogP) is 1.98. The molecule has 0 saturated carbocycles.